The lowest BCUT2D eigenvalue weighted by Gasteiger charge is -2.34. The summed E-state index contributed by atoms with van der Waals surface area (Å²) in [5.41, 5.74) is 3.17. The average molecular weight is 453 g/mol. The number of carbonyl (C=O) groups is 3. The zero-order chi connectivity index (χ0) is 23.8. The molecule has 0 saturated carbocycles. The number of amides is 2. The molecule has 0 bridgehead atoms. The summed E-state index contributed by atoms with van der Waals surface area (Å²) in [6.07, 6.45) is -0.707. The number of benzene rings is 2. The third-order valence-corrected chi connectivity index (χ3v) is 6.48. The number of aliphatic carboxylic acids is 1. The van der Waals surface area contributed by atoms with Crippen LogP contribution in [0.3, 0.4) is 0 Å². The standard InChI is InChI=1S/C25H28N2O6/c1-25(2,23(30)27(3)21-14-32-12-20(21)22(28)29)26-24(31)33-13-19-17-10-6-4-8-15(17)16-9-5-7-11-18(16)19/h4-11,19-21H,12-14H2,1-3H3,(H,26,31)(H,28,29). The Morgan fingerprint density at radius 1 is 1.06 bits per heavy atom. The Hall–Kier alpha value is -3.39. The smallest absolute Gasteiger partial charge is 0.408 e. The molecule has 0 spiro atoms. The monoisotopic (exact) mass is 452 g/mol. The number of rotatable bonds is 6. The summed E-state index contributed by atoms with van der Waals surface area (Å²) >= 11 is 0. The first-order chi connectivity index (χ1) is 15.7. The summed E-state index contributed by atoms with van der Waals surface area (Å²) in [4.78, 5) is 38.5. The van der Waals surface area contributed by atoms with Gasteiger partial charge in [-0.15, -0.1) is 0 Å². The number of fused-ring (bicyclic) bond motifs is 3. The molecule has 2 atom stereocenters. The summed E-state index contributed by atoms with van der Waals surface area (Å²) in [6.45, 7) is 3.47. The van der Waals surface area contributed by atoms with Crippen LogP contribution in [0.15, 0.2) is 48.5 Å². The van der Waals surface area contributed by atoms with Gasteiger partial charge in [0.15, 0.2) is 0 Å². The normalized spacial score (nSPS) is 19.5. The predicted molar refractivity (Wildman–Crippen MR) is 121 cm³/mol. The highest BCUT2D eigenvalue weighted by molar-refractivity contribution is 5.90. The molecular formula is C25H28N2O6. The van der Waals surface area contributed by atoms with E-state index in [9.17, 15) is 19.5 Å². The fourth-order valence-electron chi connectivity index (χ4n) is 4.70. The van der Waals surface area contributed by atoms with Crippen molar-refractivity contribution in [2.75, 3.05) is 26.9 Å². The van der Waals surface area contributed by atoms with Crippen molar-refractivity contribution in [2.45, 2.75) is 31.3 Å². The van der Waals surface area contributed by atoms with Crippen LogP contribution >= 0.6 is 0 Å². The lowest BCUT2D eigenvalue weighted by Crippen LogP contribution is -2.58. The van der Waals surface area contributed by atoms with E-state index < -0.39 is 35.5 Å². The Kier molecular flexibility index (Phi) is 6.12. The van der Waals surface area contributed by atoms with E-state index in [1.165, 1.54) is 11.9 Å². The number of hydrogen-bond donors (Lipinski definition) is 2. The van der Waals surface area contributed by atoms with E-state index in [0.717, 1.165) is 22.3 Å². The Bertz CT molecular complexity index is 1040. The molecule has 1 fully saturated rings. The Balaban J connectivity index is 1.40. The molecule has 174 valence electrons. The zero-order valence-electron chi connectivity index (χ0n) is 18.9. The van der Waals surface area contributed by atoms with E-state index in [1.807, 2.05) is 36.4 Å². The number of ether oxygens (including phenoxy) is 2. The molecule has 2 aromatic carbocycles. The minimum absolute atomic E-state index is 0.0534. The maximum Gasteiger partial charge on any atom is 0.408 e. The molecule has 33 heavy (non-hydrogen) atoms. The van der Waals surface area contributed by atoms with Gasteiger partial charge in [-0.05, 0) is 36.1 Å². The van der Waals surface area contributed by atoms with Crippen LogP contribution in [-0.2, 0) is 19.1 Å². The fourth-order valence-corrected chi connectivity index (χ4v) is 4.70. The number of hydrogen-bond acceptors (Lipinski definition) is 5. The summed E-state index contributed by atoms with van der Waals surface area (Å²) < 4.78 is 10.8. The zero-order valence-corrected chi connectivity index (χ0v) is 18.9. The highest BCUT2D eigenvalue weighted by Gasteiger charge is 2.43. The molecule has 2 aromatic rings. The van der Waals surface area contributed by atoms with Crippen molar-refractivity contribution in [1.82, 2.24) is 10.2 Å². The van der Waals surface area contributed by atoms with E-state index in [0.29, 0.717) is 0 Å². The van der Waals surface area contributed by atoms with Crippen LogP contribution < -0.4 is 5.32 Å². The van der Waals surface area contributed by atoms with Gasteiger partial charge in [0.05, 0.1) is 19.3 Å². The molecule has 2 aliphatic rings. The first kappa shape index (κ1) is 22.8. The van der Waals surface area contributed by atoms with Crippen molar-refractivity contribution < 1.29 is 29.0 Å². The van der Waals surface area contributed by atoms with Crippen molar-refractivity contribution in [3.63, 3.8) is 0 Å². The molecule has 0 radical (unpaired) electrons. The molecule has 4 rings (SSSR count). The number of nitrogens with one attached hydrogen (secondary N) is 1. The van der Waals surface area contributed by atoms with Crippen LogP contribution in [0.1, 0.15) is 30.9 Å². The SMILES string of the molecule is CN(C(=O)C(C)(C)NC(=O)OCC1c2ccccc2-c2ccccc21)C1COCC1C(=O)O. The van der Waals surface area contributed by atoms with Crippen LogP contribution in [0.25, 0.3) is 11.1 Å². The van der Waals surface area contributed by atoms with E-state index in [1.54, 1.807) is 13.8 Å². The Morgan fingerprint density at radius 3 is 2.21 bits per heavy atom. The number of carboxylic acids is 1. The van der Waals surface area contributed by atoms with Crippen molar-refractivity contribution in [3.05, 3.63) is 59.7 Å². The highest BCUT2D eigenvalue weighted by atomic mass is 16.5. The number of nitrogens with zero attached hydrogens (tertiary/aromatic N) is 1. The first-order valence-electron chi connectivity index (χ1n) is 10.9. The lowest BCUT2D eigenvalue weighted by atomic mass is 9.98. The summed E-state index contributed by atoms with van der Waals surface area (Å²) in [7, 11) is 1.53. The van der Waals surface area contributed by atoms with E-state index in [4.69, 9.17) is 9.47 Å². The van der Waals surface area contributed by atoms with Crippen LogP contribution in [0.4, 0.5) is 4.79 Å². The number of carbonyl (C=O) groups excluding carboxylic acids is 2. The van der Waals surface area contributed by atoms with Crippen molar-refractivity contribution >= 4 is 18.0 Å². The molecule has 1 heterocycles. The topological polar surface area (TPSA) is 105 Å². The largest absolute Gasteiger partial charge is 0.481 e. The minimum atomic E-state index is -1.29. The molecule has 1 aliphatic carbocycles. The Morgan fingerprint density at radius 2 is 1.64 bits per heavy atom. The van der Waals surface area contributed by atoms with Crippen molar-refractivity contribution in [1.29, 1.82) is 0 Å². The quantitative estimate of drug-likeness (QED) is 0.698. The molecule has 8 nitrogen and oxygen atoms in total. The number of carboxylic acid groups (broad SMARTS) is 1. The van der Waals surface area contributed by atoms with Gasteiger partial charge in [0.1, 0.15) is 18.1 Å². The van der Waals surface area contributed by atoms with E-state index in [2.05, 4.69) is 17.4 Å². The van der Waals surface area contributed by atoms with Gasteiger partial charge >= 0.3 is 12.1 Å². The molecule has 2 N–H and O–H groups in total. The number of alkyl carbamates (subject to hydrolysis) is 1. The second kappa shape index (κ2) is 8.86. The molecule has 0 aromatic heterocycles. The van der Waals surface area contributed by atoms with Gasteiger partial charge in [0, 0.05) is 13.0 Å². The van der Waals surface area contributed by atoms with Gasteiger partial charge in [-0.3, -0.25) is 9.59 Å². The predicted octanol–water partition coefficient (Wildman–Crippen LogP) is 2.86. The van der Waals surface area contributed by atoms with Crippen LogP contribution in [0.5, 0.6) is 0 Å². The van der Waals surface area contributed by atoms with E-state index in [-0.39, 0.29) is 25.7 Å². The van der Waals surface area contributed by atoms with Crippen LogP contribution in [0, 0.1) is 5.92 Å². The maximum absolute atomic E-state index is 13.1. The number of likely N-dealkylation sites (N-methyl/N-ethyl adjacent to an activating group) is 1. The minimum Gasteiger partial charge on any atom is -0.481 e. The first-order valence-corrected chi connectivity index (χ1v) is 10.9. The lowest BCUT2D eigenvalue weighted by molar-refractivity contribution is -0.146. The van der Waals surface area contributed by atoms with Gasteiger partial charge in [0.2, 0.25) is 5.91 Å². The second-order valence-corrected chi connectivity index (χ2v) is 9.04. The molecule has 8 heteroatoms. The Labute approximate surface area is 192 Å². The molecule has 2 amide bonds. The third-order valence-electron chi connectivity index (χ3n) is 6.48. The van der Waals surface area contributed by atoms with Gasteiger partial charge in [-0.1, -0.05) is 48.5 Å². The van der Waals surface area contributed by atoms with Gasteiger partial charge < -0.3 is 24.8 Å². The van der Waals surface area contributed by atoms with Gasteiger partial charge in [0.25, 0.3) is 0 Å². The highest BCUT2D eigenvalue weighted by Crippen LogP contribution is 2.44. The van der Waals surface area contributed by atoms with Crippen molar-refractivity contribution in [2.24, 2.45) is 5.92 Å². The van der Waals surface area contributed by atoms with Gasteiger partial charge in [-0.25, -0.2) is 4.79 Å². The van der Waals surface area contributed by atoms with Crippen LogP contribution in [0.2, 0.25) is 0 Å². The average Bonchev–Trinajstić information content (AvgIpc) is 3.40. The summed E-state index contributed by atoms with van der Waals surface area (Å²) in [6, 6.07) is 15.5. The third kappa shape index (κ3) is 4.30. The summed E-state index contributed by atoms with van der Waals surface area (Å²) in [5.74, 6) is -2.32. The molecular weight excluding hydrogens is 424 g/mol. The van der Waals surface area contributed by atoms with Gasteiger partial charge in [-0.2, -0.15) is 0 Å². The summed E-state index contributed by atoms with van der Waals surface area (Å²) in [5, 5.41) is 12.0. The second-order valence-electron chi connectivity index (χ2n) is 9.04. The fraction of sp³-hybridized carbons (Fsp3) is 0.400. The van der Waals surface area contributed by atoms with E-state index >= 15 is 0 Å². The molecule has 1 saturated heterocycles. The molecule has 2 unspecified atom stereocenters. The van der Waals surface area contributed by atoms with Crippen molar-refractivity contribution in [3.8, 4) is 11.1 Å². The maximum atomic E-state index is 13.1. The van der Waals surface area contributed by atoms with Crippen LogP contribution in [-0.4, -0.2) is 66.4 Å². The molecule has 1 aliphatic heterocycles.